The van der Waals surface area contributed by atoms with Crippen molar-refractivity contribution in [2.75, 3.05) is 13.2 Å². The number of esters is 1. The second-order valence-corrected chi connectivity index (χ2v) is 4.69. The third-order valence-corrected chi connectivity index (χ3v) is 2.56. The molecule has 0 radical (unpaired) electrons. The molecule has 0 aliphatic heterocycles. The SMILES string of the molecule is C=CCNC(=O)NC(=O)COC(=O)/C=C/c1ccc(I)o1. The van der Waals surface area contributed by atoms with Crippen molar-refractivity contribution in [2.45, 2.75) is 0 Å². The van der Waals surface area contributed by atoms with Gasteiger partial charge in [0.05, 0.1) is 0 Å². The van der Waals surface area contributed by atoms with E-state index < -0.39 is 24.5 Å². The van der Waals surface area contributed by atoms with Gasteiger partial charge in [-0.15, -0.1) is 6.58 Å². The number of imide groups is 1. The average Bonchev–Trinajstić information content (AvgIpc) is 2.86. The van der Waals surface area contributed by atoms with Crippen LogP contribution in [0.25, 0.3) is 6.08 Å². The van der Waals surface area contributed by atoms with Gasteiger partial charge >= 0.3 is 12.0 Å². The highest BCUT2D eigenvalue weighted by Gasteiger charge is 2.08. The van der Waals surface area contributed by atoms with Crippen LogP contribution in [0.4, 0.5) is 4.79 Å². The number of carbonyl (C=O) groups is 3. The minimum absolute atomic E-state index is 0.226. The number of ether oxygens (including phenoxy) is 1. The predicted molar refractivity (Wildman–Crippen MR) is 83.2 cm³/mol. The topological polar surface area (TPSA) is 97.6 Å². The first-order valence-electron chi connectivity index (χ1n) is 5.80. The van der Waals surface area contributed by atoms with E-state index in [0.717, 1.165) is 6.08 Å². The van der Waals surface area contributed by atoms with Crippen molar-refractivity contribution >= 4 is 46.6 Å². The highest BCUT2D eigenvalue weighted by molar-refractivity contribution is 14.1. The number of hydrogen-bond acceptors (Lipinski definition) is 5. The summed E-state index contributed by atoms with van der Waals surface area (Å²) in [5.74, 6) is -0.960. The van der Waals surface area contributed by atoms with E-state index in [1.165, 1.54) is 12.2 Å². The van der Waals surface area contributed by atoms with Gasteiger partial charge in [0, 0.05) is 12.6 Å². The Morgan fingerprint density at radius 2 is 2.14 bits per heavy atom. The molecule has 8 heteroatoms. The summed E-state index contributed by atoms with van der Waals surface area (Å²) in [7, 11) is 0. The number of nitrogens with one attached hydrogen (secondary N) is 2. The standard InChI is InChI=1S/C13H13IN2O5/c1-2-7-15-13(19)16-11(17)8-20-12(18)6-4-9-3-5-10(14)21-9/h2-6H,1,7-8H2,(H2,15,16,17,19)/b6-4+. The van der Waals surface area contributed by atoms with Crippen molar-refractivity contribution in [1.29, 1.82) is 0 Å². The molecule has 2 N–H and O–H groups in total. The van der Waals surface area contributed by atoms with Crippen LogP contribution in [0.3, 0.4) is 0 Å². The van der Waals surface area contributed by atoms with Crippen molar-refractivity contribution in [2.24, 2.45) is 0 Å². The zero-order chi connectivity index (χ0) is 15.7. The number of hydrogen-bond donors (Lipinski definition) is 2. The van der Waals surface area contributed by atoms with Gasteiger partial charge < -0.3 is 14.5 Å². The molecule has 0 atom stereocenters. The molecule has 1 rings (SSSR count). The summed E-state index contributed by atoms with van der Waals surface area (Å²) >= 11 is 1.99. The summed E-state index contributed by atoms with van der Waals surface area (Å²) < 4.78 is 10.5. The highest BCUT2D eigenvalue weighted by Crippen LogP contribution is 2.11. The van der Waals surface area contributed by atoms with E-state index in [4.69, 9.17) is 4.42 Å². The van der Waals surface area contributed by atoms with Crippen LogP contribution in [0.2, 0.25) is 0 Å². The Morgan fingerprint density at radius 1 is 1.38 bits per heavy atom. The summed E-state index contributed by atoms with van der Waals surface area (Å²) in [6.45, 7) is 3.08. The number of urea groups is 1. The first kappa shape index (κ1) is 17.0. The molecule has 0 spiro atoms. The minimum atomic E-state index is -0.731. The van der Waals surface area contributed by atoms with E-state index >= 15 is 0 Å². The van der Waals surface area contributed by atoms with Gasteiger partial charge in [-0.3, -0.25) is 10.1 Å². The molecule has 0 unspecified atom stereocenters. The zero-order valence-electron chi connectivity index (χ0n) is 10.9. The van der Waals surface area contributed by atoms with Gasteiger partial charge in [-0.2, -0.15) is 0 Å². The maximum absolute atomic E-state index is 11.3. The van der Waals surface area contributed by atoms with E-state index in [1.54, 1.807) is 12.1 Å². The monoisotopic (exact) mass is 404 g/mol. The molecular formula is C13H13IN2O5. The Labute approximate surface area is 134 Å². The van der Waals surface area contributed by atoms with E-state index in [2.05, 4.69) is 16.6 Å². The van der Waals surface area contributed by atoms with Crippen molar-refractivity contribution in [3.8, 4) is 0 Å². The summed E-state index contributed by atoms with van der Waals surface area (Å²) in [6, 6.07) is 2.74. The molecule has 1 heterocycles. The molecule has 112 valence electrons. The Morgan fingerprint density at radius 3 is 2.76 bits per heavy atom. The average molecular weight is 404 g/mol. The van der Waals surface area contributed by atoms with Crippen LogP contribution in [0.5, 0.6) is 0 Å². The van der Waals surface area contributed by atoms with Crippen molar-refractivity contribution in [3.63, 3.8) is 0 Å². The van der Waals surface area contributed by atoms with Crippen molar-refractivity contribution in [3.05, 3.63) is 40.4 Å². The molecule has 0 aliphatic rings. The highest BCUT2D eigenvalue weighted by atomic mass is 127. The van der Waals surface area contributed by atoms with Crippen LogP contribution >= 0.6 is 22.6 Å². The second-order valence-electron chi connectivity index (χ2n) is 3.63. The Bertz CT molecular complexity index is 565. The van der Waals surface area contributed by atoms with Crippen LogP contribution in [-0.4, -0.2) is 31.1 Å². The summed E-state index contributed by atoms with van der Waals surface area (Å²) in [6.07, 6.45) is 4.00. The lowest BCUT2D eigenvalue weighted by molar-refractivity contribution is -0.143. The Hall–Kier alpha value is -2.10. The molecule has 0 aliphatic carbocycles. The van der Waals surface area contributed by atoms with Gasteiger partial charge in [0.25, 0.3) is 5.91 Å². The number of halogens is 1. The zero-order valence-corrected chi connectivity index (χ0v) is 13.1. The Kier molecular flexibility index (Phi) is 7.23. The smallest absolute Gasteiger partial charge is 0.331 e. The second kappa shape index (κ2) is 8.95. The molecular weight excluding hydrogens is 391 g/mol. The van der Waals surface area contributed by atoms with Crippen LogP contribution in [-0.2, 0) is 14.3 Å². The number of amides is 3. The van der Waals surface area contributed by atoms with Gasteiger partial charge in [-0.25, -0.2) is 9.59 Å². The fraction of sp³-hybridized carbons (Fsp3) is 0.154. The predicted octanol–water partition coefficient (Wildman–Crippen LogP) is 1.45. The molecule has 1 aromatic heterocycles. The van der Waals surface area contributed by atoms with Gasteiger partial charge in [-0.1, -0.05) is 6.08 Å². The number of furan rings is 1. The van der Waals surface area contributed by atoms with E-state index in [-0.39, 0.29) is 6.54 Å². The van der Waals surface area contributed by atoms with Crippen molar-refractivity contribution in [1.82, 2.24) is 10.6 Å². The van der Waals surface area contributed by atoms with Crippen molar-refractivity contribution < 1.29 is 23.5 Å². The third kappa shape index (κ3) is 7.30. The van der Waals surface area contributed by atoms with Gasteiger partial charge in [0.1, 0.15) is 5.76 Å². The summed E-state index contributed by atoms with van der Waals surface area (Å²) in [4.78, 5) is 33.7. The maximum Gasteiger partial charge on any atom is 0.331 e. The lowest BCUT2D eigenvalue weighted by Gasteiger charge is -2.04. The minimum Gasteiger partial charge on any atom is -0.452 e. The molecule has 21 heavy (non-hydrogen) atoms. The maximum atomic E-state index is 11.3. The molecule has 3 amide bonds. The largest absolute Gasteiger partial charge is 0.452 e. The molecule has 0 saturated heterocycles. The van der Waals surface area contributed by atoms with Gasteiger partial charge in [0.2, 0.25) is 0 Å². The molecule has 1 aromatic rings. The van der Waals surface area contributed by atoms with Crippen LogP contribution < -0.4 is 10.6 Å². The quantitative estimate of drug-likeness (QED) is 0.324. The van der Waals surface area contributed by atoms with Crippen LogP contribution in [0.15, 0.2) is 35.3 Å². The van der Waals surface area contributed by atoms with Crippen LogP contribution in [0, 0.1) is 3.77 Å². The fourth-order valence-electron chi connectivity index (χ4n) is 1.12. The van der Waals surface area contributed by atoms with E-state index in [9.17, 15) is 14.4 Å². The number of rotatable bonds is 6. The summed E-state index contributed by atoms with van der Waals surface area (Å²) in [5, 5.41) is 4.33. The van der Waals surface area contributed by atoms with Gasteiger partial charge in [0.15, 0.2) is 10.4 Å². The first-order chi connectivity index (χ1) is 10.0. The Balaban J connectivity index is 2.29. The molecule has 0 bridgehead atoms. The van der Waals surface area contributed by atoms with Gasteiger partial charge in [-0.05, 0) is 40.8 Å². The lowest BCUT2D eigenvalue weighted by Crippen LogP contribution is -2.41. The lowest BCUT2D eigenvalue weighted by atomic mass is 10.4. The van der Waals surface area contributed by atoms with E-state index in [0.29, 0.717) is 9.53 Å². The molecule has 0 aromatic carbocycles. The summed E-state index contributed by atoms with van der Waals surface area (Å²) in [5.41, 5.74) is 0. The fourth-order valence-corrected chi connectivity index (χ4v) is 1.56. The van der Waals surface area contributed by atoms with E-state index in [1.807, 2.05) is 27.9 Å². The normalized spacial score (nSPS) is 10.1. The van der Waals surface area contributed by atoms with Crippen LogP contribution in [0.1, 0.15) is 5.76 Å². The molecule has 0 saturated carbocycles. The third-order valence-electron chi connectivity index (χ3n) is 1.98. The molecule has 7 nitrogen and oxygen atoms in total. The number of carbonyl (C=O) groups excluding carboxylic acids is 3. The first-order valence-corrected chi connectivity index (χ1v) is 6.88. The molecule has 0 fully saturated rings.